The Balaban J connectivity index is 0.000000516. The van der Waals surface area contributed by atoms with Gasteiger partial charge in [0.05, 0.1) is 6.54 Å². The zero-order valence-corrected chi connectivity index (χ0v) is 17.4. The number of carboxylic acid groups (broad SMARTS) is 1. The Morgan fingerprint density at radius 2 is 1.90 bits per heavy atom. The fourth-order valence-electron chi connectivity index (χ4n) is 2.77. The second-order valence-corrected chi connectivity index (χ2v) is 7.68. The molecule has 2 rings (SSSR count). The Hall–Kier alpha value is -2.30. The van der Waals surface area contributed by atoms with Crippen molar-refractivity contribution >= 4 is 12.0 Å². The Kier molecular flexibility index (Phi) is 8.93. The van der Waals surface area contributed by atoms with Crippen molar-refractivity contribution in [2.75, 3.05) is 20.1 Å². The van der Waals surface area contributed by atoms with Gasteiger partial charge in [-0.15, -0.1) is 0 Å². The van der Waals surface area contributed by atoms with E-state index in [1.54, 1.807) is 0 Å². The molecule has 0 spiro atoms. The monoisotopic (exact) mass is 421 g/mol. The van der Waals surface area contributed by atoms with Gasteiger partial charge < -0.3 is 24.8 Å². The molecule has 0 aromatic carbocycles. The minimum Gasteiger partial charge on any atom is -0.475 e. The summed E-state index contributed by atoms with van der Waals surface area (Å²) in [4.78, 5) is 30.0. The standard InChI is InChI=1S/C16H29N5O.C2HF3O2/c1-12(2)18-16(22)21-10-14(8-19(5)13(3)4)9-20-7-6-17-15(20)11-21;3-2(4,5)1(6)7/h6-7,12-14H,8-11H2,1-5H3,(H,18,22);(H,6,7). The molecule has 1 unspecified atom stereocenters. The summed E-state index contributed by atoms with van der Waals surface area (Å²) in [6.45, 7) is 11.6. The lowest BCUT2D eigenvalue weighted by molar-refractivity contribution is -0.192. The lowest BCUT2D eigenvalue weighted by Crippen LogP contribution is -2.45. The average Bonchev–Trinajstić information content (AvgIpc) is 2.92. The van der Waals surface area contributed by atoms with Crippen LogP contribution in [0.1, 0.15) is 33.5 Å². The number of carbonyl (C=O) groups is 2. The summed E-state index contributed by atoms with van der Waals surface area (Å²) in [5, 5.41) is 10.1. The number of urea groups is 1. The van der Waals surface area contributed by atoms with E-state index in [4.69, 9.17) is 9.90 Å². The first-order valence-corrected chi connectivity index (χ1v) is 9.37. The van der Waals surface area contributed by atoms with Gasteiger partial charge in [-0.25, -0.2) is 14.6 Å². The second-order valence-electron chi connectivity index (χ2n) is 7.68. The first kappa shape index (κ1) is 24.7. The molecule has 2 N–H and O–H groups in total. The van der Waals surface area contributed by atoms with Crippen molar-refractivity contribution in [1.29, 1.82) is 0 Å². The highest BCUT2D eigenvalue weighted by atomic mass is 19.4. The molecule has 0 saturated carbocycles. The molecule has 1 atom stereocenters. The summed E-state index contributed by atoms with van der Waals surface area (Å²) in [5.74, 6) is -1.39. The van der Waals surface area contributed by atoms with Crippen molar-refractivity contribution in [3.8, 4) is 0 Å². The highest BCUT2D eigenvalue weighted by Gasteiger charge is 2.38. The molecule has 0 fully saturated rings. The van der Waals surface area contributed by atoms with Crippen LogP contribution in [0, 0.1) is 5.92 Å². The topological polar surface area (TPSA) is 90.7 Å². The first-order chi connectivity index (χ1) is 13.3. The Morgan fingerprint density at radius 3 is 2.38 bits per heavy atom. The van der Waals surface area contributed by atoms with E-state index < -0.39 is 12.1 Å². The molecule has 1 aromatic rings. The van der Waals surface area contributed by atoms with E-state index in [0.717, 1.165) is 25.5 Å². The van der Waals surface area contributed by atoms with E-state index in [1.165, 1.54) is 0 Å². The van der Waals surface area contributed by atoms with Crippen LogP contribution >= 0.6 is 0 Å². The maximum Gasteiger partial charge on any atom is 0.490 e. The number of halogens is 3. The zero-order chi connectivity index (χ0) is 22.4. The number of imidazole rings is 1. The van der Waals surface area contributed by atoms with Crippen LogP contribution in [0.3, 0.4) is 0 Å². The van der Waals surface area contributed by atoms with Crippen LogP contribution < -0.4 is 5.32 Å². The quantitative estimate of drug-likeness (QED) is 0.779. The normalized spacial score (nSPS) is 16.9. The van der Waals surface area contributed by atoms with E-state index in [0.29, 0.717) is 18.5 Å². The number of nitrogens with one attached hydrogen (secondary N) is 1. The molecule has 1 aromatic heterocycles. The van der Waals surface area contributed by atoms with E-state index in [9.17, 15) is 18.0 Å². The van der Waals surface area contributed by atoms with Crippen molar-refractivity contribution in [3.63, 3.8) is 0 Å². The molecule has 8 nitrogen and oxygen atoms in total. The lowest BCUT2D eigenvalue weighted by atomic mass is 10.1. The minimum absolute atomic E-state index is 0.00338. The average molecular weight is 421 g/mol. The van der Waals surface area contributed by atoms with Gasteiger partial charge in [-0.3, -0.25) is 0 Å². The van der Waals surface area contributed by atoms with Gasteiger partial charge in [0.2, 0.25) is 0 Å². The van der Waals surface area contributed by atoms with Crippen LogP contribution in [-0.2, 0) is 17.9 Å². The number of amides is 2. The largest absolute Gasteiger partial charge is 0.490 e. The van der Waals surface area contributed by atoms with E-state index in [2.05, 4.69) is 40.7 Å². The zero-order valence-electron chi connectivity index (χ0n) is 17.4. The van der Waals surface area contributed by atoms with Crippen molar-refractivity contribution in [2.24, 2.45) is 5.92 Å². The van der Waals surface area contributed by atoms with Crippen LogP contribution in [0.4, 0.5) is 18.0 Å². The molecular weight excluding hydrogens is 391 g/mol. The molecular formula is C18H30F3N5O3. The van der Waals surface area contributed by atoms with Crippen molar-refractivity contribution in [2.45, 2.75) is 59.0 Å². The highest BCUT2D eigenvalue weighted by Crippen LogP contribution is 2.17. The van der Waals surface area contributed by atoms with Crippen molar-refractivity contribution < 1.29 is 27.9 Å². The molecule has 0 bridgehead atoms. The number of hydrogen-bond acceptors (Lipinski definition) is 4. The Bertz CT molecular complexity index is 676. The minimum atomic E-state index is -5.08. The van der Waals surface area contributed by atoms with Gasteiger partial charge in [0.25, 0.3) is 0 Å². The summed E-state index contributed by atoms with van der Waals surface area (Å²) >= 11 is 0. The molecule has 166 valence electrons. The molecule has 0 saturated heterocycles. The summed E-state index contributed by atoms with van der Waals surface area (Å²) in [5.41, 5.74) is 0. The Labute approximate surface area is 168 Å². The maximum absolute atomic E-state index is 12.4. The maximum atomic E-state index is 12.4. The number of rotatable bonds is 4. The summed E-state index contributed by atoms with van der Waals surface area (Å²) in [7, 11) is 2.14. The number of alkyl halides is 3. The van der Waals surface area contributed by atoms with Crippen molar-refractivity contribution in [1.82, 2.24) is 24.7 Å². The predicted molar refractivity (Wildman–Crippen MR) is 101 cm³/mol. The molecule has 1 aliphatic rings. The van der Waals surface area contributed by atoms with Gasteiger partial charge in [-0.2, -0.15) is 13.2 Å². The van der Waals surface area contributed by atoms with E-state index >= 15 is 0 Å². The second kappa shape index (κ2) is 10.5. The number of fused-ring (bicyclic) bond motifs is 1. The SMILES string of the molecule is CC(C)NC(=O)N1Cc2nccn2CC(CN(C)C(C)C)C1.O=C(O)C(F)(F)F. The fourth-order valence-corrected chi connectivity index (χ4v) is 2.77. The van der Waals surface area contributed by atoms with Crippen LogP contribution in [0.2, 0.25) is 0 Å². The third-order valence-corrected chi connectivity index (χ3v) is 4.44. The highest BCUT2D eigenvalue weighted by molar-refractivity contribution is 5.74. The predicted octanol–water partition coefficient (Wildman–Crippen LogP) is 2.41. The van der Waals surface area contributed by atoms with Crippen molar-refractivity contribution in [3.05, 3.63) is 18.2 Å². The third kappa shape index (κ3) is 8.30. The van der Waals surface area contributed by atoms with Gasteiger partial charge in [-0.05, 0) is 34.7 Å². The van der Waals surface area contributed by atoms with Crippen LogP contribution in [0.5, 0.6) is 0 Å². The number of carbonyl (C=O) groups excluding carboxylic acids is 1. The van der Waals surface area contributed by atoms with Gasteiger partial charge >= 0.3 is 18.2 Å². The molecule has 1 aliphatic heterocycles. The fraction of sp³-hybridized carbons (Fsp3) is 0.722. The number of aliphatic carboxylic acids is 1. The van der Waals surface area contributed by atoms with Crippen LogP contribution in [0.15, 0.2) is 12.4 Å². The van der Waals surface area contributed by atoms with Crippen LogP contribution in [-0.4, -0.2) is 74.9 Å². The molecule has 2 amide bonds. The smallest absolute Gasteiger partial charge is 0.475 e. The van der Waals surface area contributed by atoms with Gasteiger partial charge in [0.1, 0.15) is 5.82 Å². The molecule has 2 heterocycles. The van der Waals surface area contributed by atoms with Gasteiger partial charge in [-0.1, -0.05) is 0 Å². The number of carboxylic acids is 1. The third-order valence-electron chi connectivity index (χ3n) is 4.44. The molecule has 0 radical (unpaired) electrons. The summed E-state index contributed by atoms with van der Waals surface area (Å²) in [6, 6.07) is 0.652. The number of aromatic nitrogens is 2. The lowest BCUT2D eigenvalue weighted by Gasteiger charge is -2.29. The molecule has 11 heteroatoms. The number of nitrogens with zero attached hydrogens (tertiary/aromatic N) is 4. The van der Waals surface area contributed by atoms with Gasteiger partial charge in [0.15, 0.2) is 0 Å². The number of hydrogen-bond donors (Lipinski definition) is 2. The van der Waals surface area contributed by atoms with Crippen LogP contribution in [0.25, 0.3) is 0 Å². The van der Waals surface area contributed by atoms with E-state index in [1.807, 2.05) is 31.1 Å². The van der Waals surface area contributed by atoms with E-state index in [-0.39, 0.29) is 12.1 Å². The first-order valence-electron chi connectivity index (χ1n) is 9.37. The molecule has 29 heavy (non-hydrogen) atoms. The Morgan fingerprint density at radius 1 is 1.31 bits per heavy atom. The summed E-state index contributed by atoms with van der Waals surface area (Å²) in [6.07, 6.45) is -1.25. The van der Waals surface area contributed by atoms with Gasteiger partial charge in [0, 0.05) is 50.0 Å². The summed E-state index contributed by atoms with van der Waals surface area (Å²) < 4.78 is 33.9. The molecule has 0 aliphatic carbocycles.